The quantitative estimate of drug-likeness (QED) is 0.744. The number of aliphatic hydroxyl groups is 1. The van der Waals surface area contributed by atoms with Crippen molar-refractivity contribution in [2.75, 3.05) is 44.9 Å². The smallest absolute Gasteiger partial charge is 0.0587 e. The number of rotatable bonds is 7. The topological polar surface area (TPSA) is 44.7 Å². The van der Waals surface area contributed by atoms with Gasteiger partial charge in [-0.05, 0) is 24.1 Å². The molecule has 0 saturated carbocycles. The summed E-state index contributed by atoms with van der Waals surface area (Å²) in [6.07, 6.45) is 1.08. The van der Waals surface area contributed by atoms with Crippen molar-refractivity contribution in [3.05, 3.63) is 28.2 Å². The molecule has 0 aromatic heterocycles. The summed E-state index contributed by atoms with van der Waals surface area (Å²) in [5, 5.41) is 12.6. The Kier molecular flexibility index (Phi) is 6.29. The van der Waals surface area contributed by atoms with Crippen LogP contribution < -0.4 is 10.2 Å². The zero-order valence-electron chi connectivity index (χ0n) is 11.9. The highest BCUT2D eigenvalue weighted by molar-refractivity contribution is 9.10. The van der Waals surface area contributed by atoms with Crippen molar-refractivity contribution in [2.45, 2.75) is 13.0 Å². The molecular weight excluding hydrogens is 320 g/mol. The van der Waals surface area contributed by atoms with Crippen molar-refractivity contribution in [1.82, 2.24) is 5.32 Å². The van der Waals surface area contributed by atoms with Gasteiger partial charge in [-0.15, -0.1) is 0 Å². The molecule has 20 heavy (non-hydrogen) atoms. The first-order chi connectivity index (χ1) is 9.74. The third-order valence-electron chi connectivity index (χ3n) is 3.74. The zero-order chi connectivity index (χ0) is 14.4. The van der Waals surface area contributed by atoms with Gasteiger partial charge in [0.2, 0.25) is 0 Å². The Balaban J connectivity index is 1.92. The van der Waals surface area contributed by atoms with Crippen LogP contribution in [0, 0.1) is 5.92 Å². The number of benzene rings is 1. The highest BCUT2D eigenvalue weighted by atomic mass is 79.9. The summed E-state index contributed by atoms with van der Waals surface area (Å²) in [5.41, 5.74) is 2.48. The summed E-state index contributed by atoms with van der Waals surface area (Å²) < 4.78 is 6.15. The Hall–Kier alpha value is -0.620. The molecule has 1 aliphatic heterocycles. The number of aliphatic hydroxyl groups excluding tert-OH is 1. The summed E-state index contributed by atoms with van der Waals surface area (Å²) in [6, 6.07) is 6.50. The average molecular weight is 343 g/mol. The number of hydrogen-bond acceptors (Lipinski definition) is 4. The molecule has 2 N–H and O–H groups in total. The van der Waals surface area contributed by atoms with E-state index < -0.39 is 0 Å². The van der Waals surface area contributed by atoms with Gasteiger partial charge in [-0.3, -0.25) is 0 Å². The maximum absolute atomic E-state index is 9.22. The van der Waals surface area contributed by atoms with E-state index in [2.05, 4.69) is 44.3 Å². The van der Waals surface area contributed by atoms with Crippen LogP contribution in [-0.4, -0.2) is 45.1 Å². The first-order valence-corrected chi connectivity index (χ1v) is 7.87. The monoisotopic (exact) mass is 342 g/mol. The summed E-state index contributed by atoms with van der Waals surface area (Å²) in [7, 11) is 1.71. The summed E-state index contributed by atoms with van der Waals surface area (Å²) in [5.74, 6) is 0.421. The minimum absolute atomic E-state index is 0.291. The molecule has 0 spiro atoms. The van der Waals surface area contributed by atoms with Crippen molar-refractivity contribution in [3.8, 4) is 0 Å². The lowest BCUT2D eigenvalue weighted by Crippen LogP contribution is -2.21. The largest absolute Gasteiger partial charge is 0.396 e. The van der Waals surface area contributed by atoms with Crippen LogP contribution in [0.2, 0.25) is 0 Å². The Bertz CT molecular complexity index is 428. The standard InChI is InChI=1S/C15H23BrN2O2/c1-20-7-5-17-9-13-2-3-14(8-15(13)16)18-6-4-12(10-18)11-19/h2-3,8,12,17,19H,4-7,9-11H2,1H3. The van der Waals surface area contributed by atoms with Gasteiger partial charge in [0.1, 0.15) is 0 Å². The molecule has 112 valence electrons. The fourth-order valence-corrected chi connectivity index (χ4v) is 3.00. The van der Waals surface area contributed by atoms with Gasteiger partial charge in [0, 0.05) is 56.0 Å². The van der Waals surface area contributed by atoms with Gasteiger partial charge in [-0.1, -0.05) is 22.0 Å². The zero-order valence-corrected chi connectivity index (χ0v) is 13.5. The first kappa shape index (κ1) is 15.8. The van der Waals surface area contributed by atoms with Crippen LogP contribution in [0.15, 0.2) is 22.7 Å². The second kappa shape index (κ2) is 7.98. The van der Waals surface area contributed by atoms with Gasteiger partial charge in [0.15, 0.2) is 0 Å². The Labute approximate surface area is 129 Å². The Morgan fingerprint density at radius 2 is 2.35 bits per heavy atom. The number of methoxy groups -OCH3 is 1. The predicted octanol–water partition coefficient (Wildman–Crippen LogP) is 2.00. The first-order valence-electron chi connectivity index (χ1n) is 7.08. The molecule has 1 fully saturated rings. The second-order valence-electron chi connectivity index (χ2n) is 5.23. The lowest BCUT2D eigenvalue weighted by molar-refractivity contribution is 0.199. The van der Waals surface area contributed by atoms with Crippen molar-refractivity contribution in [2.24, 2.45) is 5.92 Å². The molecule has 0 bridgehead atoms. The molecule has 0 amide bonds. The van der Waals surface area contributed by atoms with Crippen LogP contribution >= 0.6 is 15.9 Å². The van der Waals surface area contributed by atoms with Crippen molar-refractivity contribution >= 4 is 21.6 Å². The maximum atomic E-state index is 9.22. The van der Waals surface area contributed by atoms with Crippen LogP contribution in [0.5, 0.6) is 0 Å². The molecule has 1 atom stereocenters. The number of hydrogen-bond donors (Lipinski definition) is 2. The van der Waals surface area contributed by atoms with E-state index in [1.54, 1.807) is 7.11 Å². The van der Waals surface area contributed by atoms with Gasteiger partial charge in [-0.2, -0.15) is 0 Å². The molecule has 4 nitrogen and oxygen atoms in total. The van der Waals surface area contributed by atoms with Crippen LogP contribution in [-0.2, 0) is 11.3 Å². The molecule has 1 unspecified atom stereocenters. The van der Waals surface area contributed by atoms with Crippen molar-refractivity contribution in [3.63, 3.8) is 0 Å². The number of anilines is 1. The fraction of sp³-hybridized carbons (Fsp3) is 0.600. The lowest BCUT2D eigenvalue weighted by Gasteiger charge is -2.19. The molecule has 2 rings (SSSR count). The highest BCUT2D eigenvalue weighted by Gasteiger charge is 2.22. The number of ether oxygens (including phenoxy) is 1. The van der Waals surface area contributed by atoms with Crippen LogP contribution in [0.25, 0.3) is 0 Å². The summed E-state index contributed by atoms with van der Waals surface area (Å²) in [6.45, 7) is 4.70. The molecule has 0 aliphatic carbocycles. The third-order valence-corrected chi connectivity index (χ3v) is 4.48. The molecule has 1 aromatic rings. The third kappa shape index (κ3) is 4.19. The molecule has 1 aliphatic rings. The van der Waals surface area contributed by atoms with E-state index in [1.165, 1.54) is 11.3 Å². The van der Waals surface area contributed by atoms with E-state index in [-0.39, 0.29) is 0 Å². The second-order valence-corrected chi connectivity index (χ2v) is 6.08. The van der Waals surface area contributed by atoms with E-state index in [0.29, 0.717) is 12.5 Å². The van der Waals surface area contributed by atoms with E-state index in [1.807, 2.05) is 0 Å². The predicted molar refractivity (Wildman–Crippen MR) is 85.1 cm³/mol. The van der Waals surface area contributed by atoms with Crippen LogP contribution in [0.1, 0.15) is 12.0 Å². The van der Waals surface area contributed by atoms with E-state index in [4.69, 9.17) is 4.74 Å². The molecule has 1 saturated heterocycles. The number of halogens is 1. The highest BCUT2D eigenvalue weighted by Crippen LogP contribution is 2.28. The Morgan fingerprint density at radius 1 is 1.50 bits per heavy atom. The van der Waals surface area contributed by atoms with E-state index >= 15 is 0 Å². The molecule has 0 radical (unpaired) electrons. The fourth-order valence-electron chi connectivity index (χ4n) is 2.49. The molecular formula is C15H23BrN2O2. The summed E-state index contributed by atoms with van der Waals surface area (Å²) in [4.78, 5) is 2.34. The number of nitrogens with one attached hydrogen (secondary N) is 1. The minimum Gasteiger partial charge on any atom is -0.396 e. The van der Waals surface area contributed by atoms with Gasteiger partial charge in [-0.25, -0.2) is 0 Å². The molecule has 5 heteroatoms. The van der Waals surface area contributed by atoms with Crippen molar-refractivity contribution in [1.29, 1.82) is 0 Å². The van der Waals surface area contributed by atoms with Gasteiger partial charge >= 0.3 is 0 Å². The number of nitrogens with zero attached hydrogens (tertiary/aromatic N) is 1. The molecule has 1 aromatic carbocycles. The van der Waals surface area contributed by atoms with E-state index in [0.717, 1.165) is 43.7 Å². The van der Waals surface area contributed by atoms with Crippen LogP contribution in [0.4, 0.5) is 5.69 Å². The minimum atomic E-state index is 0.291. The maximum Gasteiger partial charge on any atom is 0.0587 e. The lowest BCUT2D eigenvalue weighted by atomic mass is 10.1. The van der Waals surface area contributed by atoms with Gasteiger partial charge < -0.3 is 20.1 Å². The molecule has 1 heterocycles. The van der Waals surface area contributed by atoms with Gasteiger partial charge in [0.25, 0.3) is 0 Å². The van der Waals surface area contributed by atoms with Crippen LogP contribution in [0.3, 0.4) is 0 Å². The van der Waals surface area contributed by atoms with E-state index in [9.17, 15) is 5.11 Å². The Morgan fingerprint density at radius 3 is 3.00 bits per heavy atom. The van der Waals surface area contributed by atoms with Crippen molar-refractivity contribution < 1.29 is 9.84 Å². The van der Waals surface area contributed by atoms with Gasteiger partial charge in [0.05, 0.1) is 6.61 Å². The summed E-state index contributed by atoms with van der Waals surface area (Å²) >= 11 is 3.65. The SMILES string of the molecule is COCCNCc1ccc(N2CCC(CO)C2)cc1Br. The normalized spacial score (nSPS) is 18.8. The average Bonchev–Trinajstić information content (AvgIpc) is 2.94.